The molecule has 2 N–H and O–H groups in total. The molecule has 6 heteroatoms. The second kappa shape index (κ2) is 6.50. The van der Waals surface area contributed by atoms with Crippen LogP contribution in [-0.2, 0) is 0 Å². The Balaban J connectivity index is 1.80. The molecule has 1 fully saturated rings. The summed E-state index contributed by atoms with van der Waals surface area (Å²) < 4.78 is 13.1. The Morgan fingerprint density at radius 2 is 2.13 bits per heavy atom. The number of halogens is 1. The van der Waals surface area contributed by atoms with Gasteiger partial charge in [-0.25, -0.2) is 4.39 Å². The molecule has 0 amide bonds. The third-order valence-electron chi connectivity index (χ3n) is 4.18. The average molecular weight is 316 g/mol. The number of phenolic OH excluding ortho intramolecular Hbond substituents is 1. The fraction of sp³-hybridized carbons (Fsp3) is 0.412. The molecule has 2 heterocycles. The van der Waals surface area contributed by atoms with E-state index >= 15 is 0 Å². The lowest BCUT2D eigenvalue weighted by molar-refractivity contribution is 0.260. The maximum atomic E-state index is 13.1. The first-order valence-corrected chi connectivity index (χ1v) is 7.81. The van der Waals surface area contributed by atoms with Crippen LogP contribution in [0.3, 0.4) is 0 Å². The number of likely N-dealkylation sites (N-methyl/N-ethyl adjacent to an activating group) is 1. The highest BCUT2D eigenvalue weighted by Crippen LogP contribution is 2.30. The molecule has 0 bridgehead atoms. The van der Waals surface area contributed by atoms with Crippen molar-refractivity contribution in [2.75, 3.05) is 25.5 Å². The third kappa shape index (κ3) is 3.59. The number of benzene rings is 1. The van der Waals surface area contributed by atoms with Crippen LogP contribution in [0.25, 0.3) is 11.3 Å². The van der Waals surface area contributed by atoms with Crippen LogP contribution in [-0.4, -0.2) is 46.4 Å². The molecule has 1 atom stereocenters. The van der Waals surface area contributed by atoms with Crippen molar-refractivity contribution in [1.82, 2.24) is 15.1 Å². The van der Waals surface area contributed by atoms with E-state index in [0.717, 1.165) is 37.0 Å². The van der Waals surface area contributed by atoms with Crippen molar-refractivity contribution in [3.8, 4) is 17.0 Å². The second-order valence-corrected chi connectivity index (χ2v) is 6.17. The van der Waals surface area contributed by atoms with Crippen molar-refractivity contribution in [3.05, 3.63) is 35.6 Å². The molecule has 1 saturated heterocycles. The molecule has 122 valence electrons. The number of hydrogen-bond acceptors (Lipinski definition) is 5. The maximum absolute atomic E-state index is 13.1. The molecule has 5 nitrogen and oxygen atoms in total. The summed E-state index contributed by atoms with van der Waals surface area (Å²) in [6, 6.07) is 6.19. The number of piperidine rings is 1. The molecule has 0 aliphatic carbocycles. The summed E-state index contributed by atoms with van der Waals surface area (Å²) >= 11 is 0. The van der Waals surface area contributed by atoms with Crippen molar-refractivity contribution < 1.29 is 9.50 Å². The molecular weight excluding hydrogens is 295 g/mol. The molecule has 1 aliphatic heterocycles. The summed E-state index contributed by atoms with van der Waals surface area (Å²) in [7, 11) is 2.12. The average Bonchev–Trinajstić information content (AvgIpc) is 2.48. The van der Waals surface area contributed by atoms with Gasteiger partial charge in [0.15, 0.2) is 0 Å². The van der Waals surface area contributed by atoms with Crippen LogP contribution in [0, 0.1) is 12.7 Å². The molecule has 1 aliphatic rings. The normalized spacial score (nSPS) is 18.8. The van der Waals surface area contributed by atoms with E-state index in [0.29, 0.717) is 17.3 Å². The highest BCUT2D eigenvalue weighted by Gasteiger charge is 2.18. The van der Waals surface area contributed by atoms with E-state index in [2.05, 4.69) is 27.5 Å². The lowest BCUT2D eigenvalue weighted by atomic mass is 10.1. The summed E-state index contributed by atoms with van der Waals surface area (Å²) in [5, 5.41) is 21.7. The van der Waals surface area contributed by atoms with Crippen molar-refractivity contribution in [2.24, 2.45) is 0 Å². The van der Waals surface area contributed by atoms with Crippen molar-refractivity contribution in [1.29, 1.82) is 0 Å². The SMILES string of the molecule is Cc1cc(N[C@@H]2CCCN(C)C2)nnc1-c1ccc(F)cc1O. The maximum Gasteiger partial charge on any atom is 0.149 e. The predicted molar refractivity (Wildman–Crippen MR) is 88.0 cm³/mol. The van der Waals surface area contributed by atoms with Gasteiger partial charge >= 0.3 is 0 Å². The Kier molecular flexibility index (Phi) is 4.43. The second-order valence-electron chi connectivity index (χ2n) is 6.17. The summed E-state index contributed by atoms with van der Waals surface area (Å²) in [6.07, 6.45) is 2.29. The van der Waals surface area contributed by atoms with Gasteiger partial charge in [-0.1, -0.05) is 0 Å². The van der Waals surface area contributed by atoms with Gasteiger partial charge < -0.3 is 15.3 Å². The van der Waals surface area contributed by atoms with E-state index in [1.807, 2.05) is 13.0 Å². The van der Waals surface area contributed by atoms with Gasteiger partial charge in [0.25, 0.3) is 0 Å². The molecular formula is C17H21FN4O. The first-order chi connectivity index (χ1) is 11.0. The monoisotopic (exact) mass is 316 g/mol. The van der Waals surface area contributed by atoms with E-state index < -0.39 is 5.82 Å². The zero-order valence-corrected chi connectivity index (χ0v) is 13.4. The predicted octanol–water partition coefficient (Wildman–Crippen LogP) is 2.80. The highest BCUT2D eigenvalue weighted by atomic mass is 19.1. The topological polar surface area (TPSA) is 61.3 Å². The largest absolute Gasteiger partial charge is 0.507 e. The van der Waals surface area contributed by atoms with Gasteiger partial charge in [0.2, 0.25) is 0 Å². The number of phenols is 1. The zero-order chi connectivity index (χ0) is 16.4. The van der Waals surface area contributed by atoms with Crippen LogP contribution in [0.1, 0.15) is 18.4 Å². The summed E-state index contributed by atoms with van der Waals surface area (Å²) in [6.45, 7) is 4.03. The number of aromatic nitrogens is 2. The van der Waals surface area contributed by atoms with Gasteiger partial charge in [0, 0.05) is 24.2 Å². The number of anilines is 1. The molecule has 0 unspecified atom stereocenters. The Morgan fingerprint density at radius 1 is 1.30 bits per heavy atom. The molecule has 1 aromatic carbocycles. The van der Waals surface area contributed by atoms with Crippen LogP contribution in [0.4, 0.5) is 10.2 Å². The van der Waals surface area contributed by atoms with Crippen molar-refractivity contribution in [3.63, 3.8) is 0 Å². The number of rotatable bonds is 3. The van der Waals surface area contributed by atoms with Crippen LogP contribution in [0.5, 0.6) is 5.75 Å². The quantitative estimate of drug-likeness (QED) is 0.912. The first kappa shape index (κ1) is 15.7. The fourth-order valence-electron chi connectivity index (χ4n) is 3.02. The minimum Gasteiger partial charge on any atom is -0.507 e. The molecule has 2 aromatic rings. The van der Waals surface area contributed by atoms with Crippen LogP contribution < -0.4 is 5.32 Å². The van der Waals surface area contributed by atoms with E-state index in [9.17, 15) is 9.50 Å². The number of nitrogens with zero attached hydrogens (tertiary/aromatic N) is 3. The molecule has 0 radical (unpaired) electrons. The minimum atomic E-state index is -0.475. The van der Waals surface area contributed by atoms with E-state index in [-0.39, 0.29) is 5.75 Å². The van der Waals surface area contributed by atoms with Gasteiger partial charge in [-0.15, -0.1) is 10.2 Å². The summed E-state index contributed by atoms with van der Waals surface area (Å²) in [5.74, 6) is 0.127. The molecule has 0 saturated carbocycles. The fourth-order valence-corrected chi connectivity index (χ4v) is 3.02. The molecule has 3 rings (SSSR count). The molecule has 23 heavy (non-hydrogen) atoms. The lowest BCUT2D eigenvalue weighted by Gasteiger charge is -2.30. The summed E-state index contributed by atoms with van der Waals surface area (Å²) in [4.78, 5) is 2.30. The van der Waals surface area contributed by atoms with Crippen molar-refractivity contribution in [2.45, 2.75) is 25.8 Å². The van der Waals surface area contributed by atoms with Crippen molar-refractivity contribution >= 4 is 5.82 Å². The lowest BCUT2D eigenvalue weighted by Crippen LogP contribution is -2.39. The van der Waals surface area contributed by atoms with Gasteiger partial charge in [0.05, 0.1) is 5.69 Å². The summed E-state index contributed by atoms with van der Waals surface area (Å²) in [5.41, 5.74) is 1.93. The van der Waals surface area contributed by atoms with Gasteiger partial charge in [-0.2, -0.15) is 0 Å². The minimum absolute atomic E-state index is 0.128. The van der Waals surface area contributed by atoms with Gasteiger partial charge in [0.1, 0.15) is 17.4 Å². The standard InChI is InChI=1S/C17H21FN4O/c1-11-8-16(19-13-4-3-7-22(2)10-13)20-21-17(11)14-6-5-12(18)9-15(14)23/h5-6,8-9,13,23H,3-4,7,10H2,1-2H3,(H,19,20)/t13-/m1/s1. The third-order valence-corrected chi connectivity index (χ3v) is 4.18. The van der Waals surface area contributed by atoms with Crippen LogP contribution in [0.2, 0.25) is 0 Å². The van der Waals surface area contributed by atoms with E-state index in [1.165, 1.54) is 18.6 Å². The van der Waals surface area contributed by atoms with Gasteiger partial charge in [-0.05, 0) is 57.1 Å². The molecule has 0 spiro atoms. The van der Waals surface area contributed by atoms with E-state index in [4.69, 9.17) is 0 Å². The van der Waals surface area contributed by atoms with Crippen LogP contribution in [0.15, 0.2) is 24.3 Å². The highest BCUT2D eigenvalue weighted by molar-refractivity contribution is 5.69. The number of aryl methyl sites for hydroxylation is 1. The van der Waals surface area contributed by atoms with E-state index in [1.54, 1.807) is 0 Å². The first-order valence-electron chi connectivity index (χ1n) is 7.81. The Morgan fingerprint density at radius 3 is 2.83 bits per heavy atom. The molecule has 1 aromatic heterocycles. The smallest absolute Gasteiger partial charge is 0.149 e. The zero-order valence-electron chi connectivity index (χ0n) is 13.4. The number of hydrogen-bond donors (Lipinski definition) is 2. The Hall–Kier alpha value is -2.21. The number of nitrogens with one attached hydrogen (secondary N) is 1. The Bertz CT molecular complexity index is 707. The number of likely N-dealkylation sites (tertiary alicyclic amines) is 1. The van der Waals surface area contributed by atoms with Gasteiger partial charge in [-0.3, -0.25) is 0 Å². The Labute approximate surface area is 135 Å². The van der Waals surface area contributed by atoms with Crippen LogP contribution >= 0.6 is 0 Å². The number of aromatic hydroxyl groups is 1.